The monoisotopic (exact) mass is 295 g/mol. The molecule has 116 valence electrons. The molecule has 0 heterocycles. The zero-order valence-electron chi connectivity index (χ0n) is 13.9. The van der Waals surface area contributed by atoms with Gasteiger partial charge in [-0.25, -0.2) is 0 Å². The number of hydrogen-bond donors (Lipinski definition) is 1. The normalized spacial score (nSPS) is 12.2. The van der Waals surface area contributed by atoms with E-state index >= 15 is 0 Å². The van der Waals surface area contributed by atoms with Crippen molar-refractivity contribution in [2.75, 3.05) is 5.32 Å². The fourth-order valence-electron chi connectivity index (χ4n) is 2.47. The van der Waals surface area contributed by atoms with Gasteiger partial charge in [0.2, 0.25) is 0 Å². The van der Waals surface area contributed by atoms with E-state index in [1.807, 2.05) is 42.5 Å². The van der Waals surface area contributed by atoms with E-state index < -0.39 is 0 Å². The maximum absolute atomic E-state index is 12.4. The Labute approximate surface area is 133 Å². The van der Waals surface area contributed by atoms with Gasteiger partial charge >= 0.3 is 0 Å². The van der Waals surface area contributed by atoms with Crippen molar-refractivity contribution in [3.63, 3.8) is 0 Å². The van der Waals surface area contributed by atoms with E-state index in [1.165, 1.54) is 11.1 Å². The van der Waals surface area contributed by atoms with Gasteiger partial charge in [0.25, 0.3) is 5.91 Å². The lowest BCUT2D eigenvalue weighted by Crippen LogP contribution is -2.14. The van der Waals surface area contributed by atoms with Gasteiger partial charge in [-0.1, -0.05) is 58.0 Å². The molecular formula is C20H25NO. The highest BCUT2D eigenvalue weighted by atomic mass is 16.1. The predicted molar refractivity (Wildman–Crippen MR) is 93.6 cm³/mol. The van der Waals surface area contributed by atoms with Crippen LogP contribution < -0.4 is 5.32 Å². The average Bonchev–Trinajstić information content (AvgIpc) is 2.54. The molecule has 1 amide bonds. The fourth-order valence-corrected chi connectivity index (χ4v) is 2.47. The van der Waals surface area contributed by atoms with Gasteiger partial charge < -0.3 is 5.32 Å². The first-order valence-corrected chi connectivity index (χ1v) is 8.03. The molecule has 1 atom stereocenters. The van der Waals surface area contributed by atoms with Crippen LogP contribution in [0.2, 0.25) is 0 Å². The highest BCUT2D eigenvalue weighted by Gasteiger charge is 2.12. The molecule has 2 aromatic rings. The van der Waals surface area contributed by atoms with Crippen LogP contribution in [0.3, 0.4) is 0 Å². The third-order valence-corrected chi connectivity index (χ3v) is 4.19. The molecule has 0 saturated carbocycles. The summed E-state index contributed by atoms with van der Waals surface area (Å²) < 4.78 is 0. The molecule has 2 heteroatoms. The third kappa shape index (κ3) is 3.76. The Bertz CT molecular complexity index is 628. The van der Waals surface area contributed by atoms with Gasteiger partial charge in [0.05, 0.1) is 0 Å². The molecular weight excluding hydrogens is 270 g/mol. The first-order valence-electron chi connectivity index (χ1n) is 8.03. The Morgan fingerprint density at radius 1 is 1.00 bits per heavy atom. The van der Waals surface area contributed by atoms with Crippen LogP contribution in [0.4, 0.5) is 5.69 Å². The van der Waals surface area contributed by atoms with Crippen molar-refractivity contribution < 1.29 is 4.79 Å². The predicted octanol–water partition coefficient (Wildman–Crippen LogP) is 5.58. The van der Waals surface area contributed by atoms with Crippen molar-refractivity contribution in [2.45, 2.75) is 46.0 Å². The van der Waals surface area contributed by atoms with E-state index in [9.17, 15) is 4.79 Å². The van der Waals surface area contributed by atoms with Crippen LogP contribution in [0.25, 0.3) is 0 Å². The average molecular weight is 295 g/mol. The van der Waals surface area contributed by atoms with Crippen molar-refractivity contribution in [2.24, 2.45) is 0 Å². The van der Waals surface area contributed by atoms with Crippen molar-refractivity contribution in [1.29, 1.82) is 0 Å². The number of carbonyl (C=O) groups is 1. The van der Waals surface area contributed by atoms with E-state index in [-0.39, 0.29) is 5.91 Å². The number of rotatable bonds is 5. The van der Waals surface area contributed by atoms with Crippen LogP contribution in [0, 0.1) is 0 Å². The summed E-state index contributed by atoms with van der Waals surface area (Å²) in [5, 5.41) is 3.05. The Hall–Kier alpha value is -2.09. The highest BCUT2D eigenvalue weighted by molar-refractivity contribution is 6.04. The van der Waals surface area contributed by atoms with Crippen LogP contribution in [0.1, 0.15) is 67.4 Å². The van der Waals surface area contributed by atoms with Crippen LogP contribution in [0.15, 0.2) is 48.5 Å². The highest BCUT2D eigenvalue weighted by Crippen LogP contribution is 2.27. The number of benzene rings is 2. The summed E-state index contributed by atoms with van der Waals surface area (Å²) in [5.74, 6) is 0.856. The zero-order valence-corrected chi connectivity index (χ0v) is 13.9. The van der Waals surface area contributed by atoms with Gasteiger partial charge in [0, 0.05) is 11.3 Å². The Balaban J connectivity index is 2.18. The van der Waals surface area contributed by atoms with Crippen LogP contribution >= 0.6 is 0 Å². The molecule has 22 heavy (non-hydrogen) atoms. The first-order chi connectivity index (χ1) is 10.5. The first kappa shape index (κ1) is 16.3. The summed E-state index contributed by atoms with van der Waals surface area (Å²) in [7, 11) is 0. The topological polar surface area (TPSA) is 29.1 Å². The summed E-state index contributed by atoms with van der Waals surface area (Å²) in [5.41, 5.74) is 4.05. The van der Waals surface area contributed by atoms with Crippen LogP contribution in [-0.2, 0) is 0 Å². The van der Waals surface area contributed by atoms with Crippen LogP contribution in [-0.4, -0.2) is 5.91 Å². The molecule has 0 bridgehead atoms. The minimum atomic E-state index is -0.0499. The van der Waals surface area contributed by atoms with Gasteiger partial charge in [0.1, 0.15) is 0 Å². The lowest BCUT2D eigenvalue weighted by Gasteiger charge is -2.16. The van der Waals surface area contributed by atoms with Gasteiger partial charge in [-0.3, -0.25) is 4.79 Å². The zero-order chi connectivity index (χ0) is 16.1. The molecule has 1 N–H and O–H groups in total. The third-order valence-electron chi connectivity index (χ3n) is 4.19. The Morgan fingerprint density at radius 2 is 1.64 bits per heavy atom. The van der Waals surface area contributed by atoms with E-state index in [4.69, 9.17) is 0 Å². The van der Waals surface area contributed by atoms with E-state index in [0.29, 0.717) is 17.4 Å². The number of nitrogens with one attached hydrogen (secondary N) is 1. The van der Waals surface area contributed by atoms with Gasteiger partial charge in [-0.05, 0) is 47.6 Å². The SMILES string of the molecule is CCC(C)c1ccccc1NC(=O)c1ccc(C(C)C)cc1. The van der Waals surface area contributed by atoms with Gasteiger partial charge in [-0.2, -0.15) is 0 Å². The number of amides is 1. The van der Waals surface area contributed by atoms with Gasteiger partial charge in [0.15, 0.2) is 0 Å². The molecule has 0 aliphatic heterocycles. The van der Waals surface area contributed by atoms with E-state index in [2.05, 4.69) is 39.1 Å². The minimum absolute atomic E-state index is 0.0499. The summed E-state index contributed by atoms with van der Waals surface area (Å²) in [6, 6.07) is 15.9. The lowest BCUT2D eigenvalue weighted by molar-refractivity contribution is 0.102. The second kappa shape index (κ2) is 7.26. The Kier molecular flexibility index (Phi) is 5.37. The number of anilines is 1. The molecule has 2 aromatic carbocycles. The van der Waals surface area contributed by atoms with Crippen LogP contribution in [0.5, 0.6) is 0 Å². The molecule has 2 nitrogen and oxygen atoms in total. The van der Waals surface area contributed by atoms with E-state index in [1.54, 1.807) is 0 Å². The molecule has 0 radical (unpaired) electrons. The fraction of sp³-hybridized carbons (Fsp3) is 0.350. The molecule has 0 spiro atoms. The summed E-state index contributed by atoms with van der Waals surface area (Å²) in [4.78, 5) is 12.4. The minimum Gasteiger partial charge on any atom is -0.322 e. The number of carbonyl (C=O) groups excluding carboxylic acids is 1. The maximum Gasteiger partial charge on any atom is 0.255 e. The van der Waals surface area contributed by atoms with Crippen molar-refractivity contribution in [3.8, 4) is 0 Å². The quantitative estimate of drug-likeness (QED) is 0.767. The largest absolute Gasteiger partial charge is 0.322 e. The number of para-hydroxylation sites is 1. The number of hydrogen-bond acceptors (Lipinski definition) is 1. The smallest absolute Gasteiger partial charge is 0.255 e. The standard InChI is InChI=1S/C20H25NO/c1-5-15(4)18-8-6-7-9-19(18)21-20(22)17-12-10-16(11-13-17)14(2)3/h6-15H,5H2,1-4H3,(H,21,22). The molecule has 1 unspecified atom stereocenters. The maximum atomic E-state index is 12.4. The summed E-state index contributed by atoms with van der Waals surface area (Å²) >= 11 is 0. The summed E-state index contributed by atoms with van der Waals surface area (Å²) in [6.45, 7) is 8.64. The van der Waals surface area contributed by atoms with Crippen molar-refractivity contribution in [1.82, 2.24) is 0 Å². The van der Waals surface area contributed by atoms with Crippen molar-refractivity contribution in [3.05, 3.63) is 65.2 Å². The molecule has 0 aromatic heterocycles. The lowest BCUT2D eigenvalue weighted by atomic mass is 9.96. The van der Waals surface area contributed by atoms with Gasteiger partial charge in [-0.15, -0.1) is 0 Å². The molecule has 0 fully saturated rings. The Morgan fingerprint density at radius 3 is 2.23 bits per heavy atom. The second-order valence-electron chi connectivity index (χ2n) is 6.13. The molecule has 0 aliphatic rings. The summed E-state index contributed by atoms with van der Waals surface area (Å²) in [6.07, 6.45) is 1.05. The van der Waals surface area contributed by atoms with E-state index in [0.717, 1.165) is 12.1 Å². The van der Waals surface area contributed by atoms with Crippen molar-refractivity contribution >= 4 is 11.6 Å². The molecule has 0 saturated heterocycles. The second-order valence-corrected chi connectivity index (χ2v) is 6.13. The molecule has 0 aliphatic carbocycles. The molecule has 2 rings (SSSR count).